The Kier molecular flexibility index (Phi) is 26.6. The molecular formula is C74H84F6N2NaO10S4+. The SMILES string of the molecule is C=COCCOc1c(C)cc([S+](c2ccccc2)c2ccccc2)cc1C.C=COCCOc1c(C)cc([S+](c2ccccc2)c2ccccc2)cc1C.O=S(=O)(N=C([O-])CC12CC3CC(CC(C3)C1)C2)C(F)(F)F.O=S(=O)(N=C([O-])CC12CC3CC(CC(C3)C1)C2)C(F)(F)F.[Na+]. The van der Waals surface area contributed by atoms with E-state index in [0.29, 0.717) is 61.9 Å². The Morgan fingerprint density at radius 1 is 0.454 bits per heavy atom. The largest absolute Gasteiger partial charge is 1.00 e. The van der Waals surface area contributed by atoms with Gasteiger partial charge in [0.25, 0.3) is 0 Å². The summed E-state index contributed by atoms with van der Waals surface area (Å²) in [6.45, 7) is 17.6. The van der Waals surface area contributed by atoms with Gasteiger partial charge < -0.3 is 29.2 Å². The number of ether oxygens (including phenoxy) is 4. The first-order chi connectivity index (χ1) is 45.6. The van der Waals surface area contributed by atoms with Crippen molar-refractivity contribution in [2.45, 2.75) is 158 Å². The number of sulfonamides is 2. The Morgan fingerprint density at radius 2 is 0.691 bits per heavy atom. The van der Waals surface area contributed by atoms with E-state index in [-0.39, 0.29) is 75.0 Å². The Labute approximate surface area is 595 Å². The second kappa shape index (κ2) is 33.5. The average Bonchev–Trinajstić information content (AvgIpc) is 0.756. The maximum Gasteiger partial charge on any atom is 1.00 e. The number of hydrogen-bond acceptors (Lipinski definition) is 10. The van der Waals surface area contributed by atoms with Gasteiger partial charge in [-0.1, -0.05) is 86.0 Å². The summed E-state index contributed by atoms with van der Waals surface area (Å²) in [4.78, 5) is 7.87. The quantitative estimate of drug-likeness (QED) is 0.0121. The molecule has 0 radical (unpaired) electrons. The van der Waals surface area contributed by atoms with Crippen molar-refractivity contribution in [3.63, 3.8) is 0 Å². The van der Waals surface area contributed by atoms with Gasteiger partial charge in [0, 0.05) is 24.3 Å². The smallest absolute Gasteiger partial charge is 0.861 e. The van der Waals surface area contributed by atoms with Crippen LogP contribution in [0.3, 0.4) is 0 Å². The molecule has 0 heterocycles. The molecule has 8 fully saturated rings. The summed E-state index contributed by atoms with van der Waals surface area (Å²) in [5, 5.41) is 23.5. The fourth-order valence-electron chi connectivity index (χ4n) is 16.2. The van der Waals surface area contributed by atoms with E-state index in [9.17, 15) is 53.4 Å². The van der Waals surface area contributed by atoms with E-state index in [4.69, 9.17) is 18.9 Å². The monoisotopic (exact) mass is 1430 g/mol. The predicted molar refractivity (Wildman–Crippen MR) is 360 cm³/mol. The van der Waals surface area contributed by atoms with Crippen molar-refractivity contribution in [3.8, 4) is 11.5 Å². The maximum absolute atomic E-state index is 12.3. The number of halogens is 6. The van der Waals surface area contributed by atoms with Gasteiger partial charge in [-0.05, 0) is 247 Å². The molecule has 14 rings (SSSR count). The molecule has 0 amide bonds. The zero-order valence-corrected chi connectivity index (χ0v) is 60.8. The van der Waals surface area contributed by atoms with Gasteiger partial charge in [0.2, 0.25) is 0 Å². The molecule has 516 valence electrons. The predicted octanol–water partition coefficient (Wildman–Crippen LogP) is 13.3. The summed E-state index contributed by atoms with van der Waals surface area (Å²) in [7, 11) is -11.7. The summed E-state index contributed by atoms with van der Waals surface area (Å²) < 4.78 is 144. The van der Waals surface area contributed by atoms with Crippen molar-refractivity contribution in [2.75, 3.05) is 26.4 Å². The molecule has 0 aliphatic heterocycles. The first kappa shape index (κ1) is 76.9. The number of nitrogens with zero attached hydrogens (tertiary/aromatic N) is 2. The zero-order chi connectivity index (χ0) is 69.1. The second-order valence-electron chi connectivity index (χ2n) is 26.4. The normalized spacial score (nSPS) is 23.1. The van der Waals surface area contributed by atoms with Crippen LogP contribution in [0, 0.1) is 74.0 Å². The van der Waals surface area contributed by atoms with Crippen molar-refractivity contribution in [2.24, 2.45) is 55.1 Å². The van der Waals surface area contributed by atoms with Crippen LogP contribution in [0.25, 0.3) is 0 Å². The molecule has 0 N–H and O–H groups in total. The van der Waals surface area contributed by atoms with Crippen LogP contribution in [0.5, 0.6) is 11.5 Å². The third-order valence-corrected chi connectivity index (χ3v) is 25.2. The molecule has 6 aromatic rings. The molecule has 8 aliphatic carbocycles. The van der Waals surface area contributed by atoms with Crippen molar-refractivity contribution in [1.82, 2.24) is 0 Å². The van der Waals surface area contributed by atoms with Gasteiger partial charge in [-0.3, -0.25) is 0 Å². The fraction of sp³-hybridized carbons (Fsp3) is 0.432. The van der Waals surface area contributed by atoms with Crippen molar-refractivity contribution in [1.29, 1.82) is 0 Å². The second-order valence-corrected chi connectivity index (χ2v) is 33.7. The van der Waals surface area contributed by atoms with Gasteiger partial charge >= 0.3 is 60.6 Å². The molecular weight excluding hydrogens is 1340 g/mol. The Morgan fingerprint density at radius 3 is 0.907 bits per heavy atom. The van der Waals surface area contributed by atoms with E-state index in [1.165, 1.54) is 41.9 Å². The van der Waals surface area contributed by atoms with Gasteiger partial charge in [0.1, 0.15) is 37.9 Å². The third kappa shape index (κ3) is 20.2. The van der Waals surface area contributed by atoms with Crippen LogP contribution in [0.15, 0.2) is 209 Å². The minimum atomic E-state index is -5.71. The average molecular weight is 1430 g/mol. The van der Waals surface area contributed by atoms with E-state index in [0.717, 1.165) is 111 Å². The molecule has 0 saturated heterocycles. The molecule has 97 heavy (non-hydrogen) atoms. The Bertz CT molecular complexity index is 3450. The number of rotatable bonds is 22. The van der Waals surface area contributed by atoms with Crippen molar-refractivity contribution in [3.05, 3.63) is 194 Å². The summed E-state index contributed by atoms with van der Waals surface area (Å²) in [6.07, 6.45) is 14.4. The van der Waals surface area contributed by atoms with Gasteiger partial charge in [-0.15, -0.1) is 0 Å². The van der Waals surface area contributed by atoms with E-state index >= 15 is 0 Å². The Hall–Kier alpha value is -5.88. The van der Waals surface area contributed by atoms with E-state index in [1.807, 2.05) is 0 Å². The summed E-state index contributed by atoms with van der Waals surface area (Å²) >= 11 is 0. The molecule has 8 saturated carbocycles. The van der Waals surface area contributed by atoms with E-state index < -0.39 is 42.9 Å². The molecule has 0 spiro atoms. The summed E-state index contributed by atoms with van der Waals surface area (Å²) in [6, 6.07) is 51.8. The van der Waals surface area contributed by atoms with Crippen molar-refractivity contribution < 1.29 is 102 Å². The minimum Gasteiger partial charge on any atom is -0.861 e. The topological polar surface area (TPSA) is 176 Å². The van der Waals surface area contributed by atoms with Gasteiger partial charge in [-0.25, -0.2) is 0 Å². The fourth-order valence-corrected chi connectivity index (χ4v) is 21.6. The third-order valence-electron chi connectivity index (χ3n) is 18.8. The Balaban J connectivity index is 0.000000166. The van der Waals surface area contributed by atoms with Gasteiger partial charge in [-0.2, -0.15) is 52.0 Å². The summed E-state index contributed by atoms with van der Waals surface area (Å²) in [5.41, 5.74) is -7.02. The number of hydrogen-bond donors (Lipinski definition) is 0. The van der Waals surface area contributed by atoms with Crippen LogP contribution in [0.2, 0.25) is 0 Å². The molecule has 8 aliphatic rings. The van der Waals surface area contributed by atoms with E-state index in [2.05, 4.69) is 195 Å². The molecule has 6 aromatic carbocycles. The first-order valence-corrected chi connectivity index (χ1v) is 37.7. The first-order valence-electron chi connectivity index (χ1n) is 32.3. The number of aryl methyl sites for hydroxylation is 4. The number of alkyl halides is 6. The number of benzene rings is 6. The van der Waals surface area contributed by atoms with Crippen LogP contribution in [0.1, 0.15) is 112 Å². The summed E-state index contributed by atoms with van der Waals surface area (Å²) in [5.74, 6) is 2.86. The van der Waals surface area contributed by atoms with Crippen LogP contribution >= 0.6 is 0 Å². The molecule has 0 atom stereocenters. The molecule has 8 bridgehead atoms. The van der Waals surface area contributed by atoms with Crippen molar-refractivity contribution >= 4 is 53.6 Å². The van der Waals surface area contributed by atoms with Crippen LogP contribution in [-0.4, -0.2) is 66.1 Å². The van der Waals surface area contributed by atoms with Crippen LogP contribution in [-0.2, 0) is 51.3 Å². The van der Waals surface area contributed by atoms with Crippen LogP contribution in [0.4, 0.5) is 26.3 Å². The van der Waals surface area contributed by atoms with Crippen LogP contribution < -0.4 is 49.2 Å². The molecule has 0 unspecified atom stereocenters. The zero-order valence-electron chi connectivity index (χ0n) is 55.5. The van der Waals surface area contributed by atoms with Gasteiger partial charge in [0.05, 0.1) is 34.3 Å². The standard InChI is InChI=1S/2C24H25O2S.2C13H18F3NO3S.Na/c2*1-4-25-15-16-26-24-19(2)17-23(18-20(24)3)27(21-11-7-5-8-12-21)22-13-9-6-10-14-22;2*14-13(15,16)21(19,20)17-11(18)7-12-4-8-1-9(5-12)3-10(2-8)6-12;/h2*4-14,17-18H,1,15-16H2,2-3H3;2*8-10H,1-7H2,(H,17,18);/q2*+1;;;+1/p-2. The minimum absolute atomic E-state index is 0. The molecule has 12 nitrogen and oxygen atoms in total. The molecule has 23 heteroatoms. The molecule has 0 aromatic heterocycles. The maximum atomic E-state index is 12.3. The van der Waals surface area contributed by atoms with E-state index in [1.54, 1.807) is 0 Å². The van der Waals surface area contributed by atoms with Gasteiger partial charge in [0.15, 0.2) is 29.4 Å².